The summed E-state index contributed by atoms with van der Waals surface area (Å²) in [6.07, 6.45) is -28.7. The molecule has 1 unspecified atom stereocenters. The van der Waals surface area contributed by atoms with Gasteiger partial charge in [-0.25, -0.2) is 0 Å². The predicted octanol–water partition coefficient (Wildman–Crippen LogP) is -7.26. The molecule has 0 aromatic carbocycles. The maximum Gasteiger partial charge on any atom is 0.237 e. The average molecular weight is 721 g/mol. The maximum absolute atomic E-state index is 11.3. The Bertz CT molecular complexity index is 1110. The van der Waals surface area contributed by atoms with Gasteiger partial charge >= 0.3 is 0 Å². The highest BCUT2D eigenvalue weighted by Crippen LogP contribution is 2.47. The lowest BCUT2D eigenvalue weighted by Gasteiger charge is -2.55. The smallest absolute Gasteiger partial charge is 0.237 e. The topological polar surface area (TPSA) is 306 Å². The second kappa shape index (κ2) is 14.2. The van der Waals surface area contributed by atoms with E-state index in [9.17, 15) is 56.2 Å². The van der Waals surface area contributed by atoms with Crippen LogP contribution < -0.4 is 0 Å². The van der Waals surface area contributed by atoms with E-state index in [0.29, 0.717) is 0 Å². The first-order chi connectivity index (χ1) is 22.7. The Kier molecular flexibility index (Phi) is 11.0. The summed E-state index contributed by atoms with van der Waals surface area (Å²) in [5.74, 6) is -2.59. The second-order valence-electron chi connectivity index (χ2n) is 12.8. The lowest BCUT2D eigenvalue weighted by Crippen LogP contribution is -2.75. The number of rotatable bonds is 10. The highest BCUT2D eigenvalue weighted by atomic mass is 32.1. The first-order valence-corrected chi connectivity index (χ1v) is 16.1. The van der Waals surface area contributed by atoms with E-state index in [4.69, 9.17) is 42.6 Å². The van der Waals surface area contributed by atoms with E-state index in [0.717, 1.165) is 0 Å². The molecule has 48 heavy (non-hydrogen) atoms. The van der Waals surface area contributed by atoms with Gasteiger partial charge in [0.15, 0.2) is 23.8 Å². The average Bonchev–Trinajstić information content (AvgIpc) is 3.55. The summed E-state index contributed by atoms with van der Waals surface area (Å²) in [7, 11) is 0. The van der Waals surface area contributed by atoms with Crippen molar-refractivity contribution in [1.29, 1.82) is 0 Å². The normalized spacial score (nSPS) is 55.1. The molecule has 0 aromatic rings. The molecule has 0 amide bonds. The second-order valence-corrected chi connectivity index (χ2v) is 13.5. The van der Waals surface area contributed by atoms with Gasteiger partial charge in [0.25, 0.3) is 0 Å². The first-order valence-electron chi connectivity index (χ1n) is 15.7. The first kappa shape index (κ1) is 37.3. The minimum absolute atomic E-state index is 0.0429. The quantitative estimate of drug-likeness (QED) is 0.0737. The molecule has 20 nitrogen and oxygen atoms in total. The standard InChI is InChI=1S/C27H44O20S/c1-2-26(38,48)27(22(36)13(32)11(30)8(4-29)46-27)47-18-10-6-40-21(18)16(35)25(43-10)45-19-12(31)7(3-28)42-24(15(19)34)44-17-9-5-39-20(17)14(33)23(37)41-9/h7-25,28-38,48H,2-6H2,1H3/t7-,8-,9+,10+,11+,12-,13+,14+,15-,16+,17+,18+,19+,20+,21+,22-,23-,24+,25+,26?,27+/m1/s1. The molecule has 6 fully saturated rings. The Morgan fingerprint density at radius 2 is 1.27 bits per heavy atom. The molecule has 21 heteroatoms. The molecular weight excluding hydrogens is 676 g/mol. The highest BCUT2D eigenvalue weighted by molar-refractivity contribution is 7.81. The van der Waals surface area contributed by atoms with Gasteiger partial charge in [-0.1, -0.05) is 6.92 Å². The van der Waals surface area contributed by atoms with Crippen LogP contribution in [0.4, 0.5) is 0 Å². The van der Waals surface area contributed by atoms with Crippen LogP contribution in [0.15, 0.2) is 0 Å². The van der Waals surface area contributed by atoms with Crippen LogP contribution in [-0.4, -0.2) is 210 Å². The van der Waals surface area contributed by atoms with Gasteiger partial charge in [0.05, 0.1) is 26.4 Å². The lowest BCUT2D eigenvalue weighted by molar-refractivity contribution is -0.423. The van der Waals surface area contributed by atoms with Crippen LogP contribution in [0, 0.1) is 0 Å². The van der Waals surface area contributed by atoms with Crippen LogP contribution in [0.1, 0.15) is 13.3 Å². The van der Waals surface area contributed by atoms with Crippen molar-refractivity contribution >= 4 is 12.6 Å². The number of ether oxygens (including phenoxy) is 9. The Morgan fingerprint density at radius 1 is 0.688 bits per heavy atom. The van der Waals surface area contributed by atoms with Crippen LogP contribution in [0.2, 0.25) is 0 Å². The number of hydrogen-bond acceptors (Lipinski definition) is 21. The Labute approximate surface area is 278 Å². The van der Waals surface area contributed by atoms with Crippen molar-refractivity contribution in [2.24, 2.45) is 0 Å². The van der Waals surface area contributed by atoms with Gasteiger partial charge in [-0.3, -0.25) is 0 Å². The van der Waals surface area contributed by atoms with E-state index in [1.54, 1.807) is 0 Å². The fraction of sp³-hybridized carbons (Fsp3) is 1.00. The number of aliphatic hydroxyl groups excluding tert-OH is 10. The van der Waals surface area contributed by atoms with Crippen LogP contribution in [-0.2, 0) is 42.6 Å². The van der Waals surface area contributed by atoms with Crippen LogP contribution in [0.5, 0.6) is 0 Å². The minimum Gasteiger partial charge on any atom is -0.394 e. The largest absolute Gasteiger partial charge is 0.394 e. The Hall–Kier alpha value is -0.450. The van der Waals surface area contributed by atoms with Crippen LogP contribution >= 0.6 is 12.6 Å². The summed E-state index contributed by atoms with van der Waals surface area (Å²) in [5, 5.41) is 116. The van der Waals surface area contributed by atoms with Crippen molar-refractivity contribution in [2.45, 2.75) is 141 Å². The van der Waals surface area contributed by atoms with Crippen molar-refractivity contribution in [3.8, 4) is 0 Å². The molecule has 11 N–H and O–H groups in total. The van der Waals surface area contributed by atoms with Crippen molar-refractivity contribution in [3.63, 3.8) is 0 Å². The molecule has 21 atom stereocenters. The minimum atomic E-state index is -2.59. The van der Waals surface area contributed by atoms with Gasteiger partial charge in [-0.2, -0.15) is 0 Å². The van der Waals surface area contributed by atoms with Gasteiger partial charge in [0, 0.05) is 0 Å². The van der Waals surface area contributed by atoms with Crippen molar-refractivity contribution in [2.75, 3.05) is 26.4 Å². The molecule has 4 bridgehead atoms. The monoisotopic (exact) mass is 720 g/mol. The summed E-state index contributed by atoms with van der Waals surface area (Å²) >= 11 is 4.21. The Morgan fingerprint density at radius 3 is 1.90 bits per heavy atom. The SMILES string of the molecule is CCC(O)(S)[C@]1(O[C@@H]2[C@H]3OC[C@@H]2O[C@@H](O[C@@H]2[C@@H](O)[C@H](O[C@@H]4[C@H]5OC[C@@H]4O[C@@H](O)[C@H]5O)O[C@H](CO)[C@H]2O)[C@H]3O)O[C@H](CO)[C@H](O)[C@H](O)[C@H]1O. The zero-order valence-electron chi connectivity index (χ0n) is 25.5. The Balaban J connectivity index is 1.18. The zero-order valence-corrected chi connectivity index (χ0v) is 26.4. The molecule has 6 saturated heterocycles. The third-order valence-electron chi connectivity index (χ3n) is 9.87. The summed E-state index contributed by atoms with van der Waals surface area (Å²) < 4.78 is 51.4. The summed E-state index contributed by atoms with van der Waals surface area (Å²) in [6, 6.07) is 0. The molecule has 0 radical (unpaired) electrons. The van der Waals surface area contributed by atoms with Crippen LogP contribution in [0.3, 0.4) is 0 Å². The van der Waals surface area contributed by atoms with E-state index >= 15 is 0 Å². The van der Waals surface area contributed by atoms with Crippen molar-refractivity contribution < 1.29 is 98.8 Å². The van der Waals surface area contributed by atoms with Gasteiger partial charge in [-0.15, -0.1) is 12.6 Å². The lowest BCUT2D eigenvalue weighted by atomic mass is 9.87. The van der Waals surface area contributed by atoms with Gasteiger partial charge in [0.1, 0.15) is 97.7 Å². The van der Waals surface area contributed by atoms with E-state index in [1.165, 1.54) is 6.92 Å². The van der Waals surface area contributed by atoms with Gasteiger partial charge in [-0.05, 0) is 6.42 Å². The van der Waals surface area contributed by atoms with Gasteiger partial charge < -0.3 is 98.8 Å². The maximum atomic E-state index is 11.3. The van der Waals surface area contributed by atoms with Crippen molar-refractivity contribution in [1.82, 2.24) is 0 Å². The number of fused-ring (bicyclic) bond motifs is 4. The van der Waals surface area contributed by atoms with Crippen molar-refractivity contribution in [3.05, 3.63) is 0 Å². The predicted molar refractivity (Wildman–Crippen MR) is 150 cm³/mol. The zero-order chi connectivity index (χ0) is 34.9. The molecule has 0 saturated carbocycles. The number of hydrogen-bond donors (Lipinski definition) is 12. The molecule has 0 spiro atoms. The fourth-order valence-corrected chi connectivity index (χ4v) is 7.27. The molecule has 278 valence electrons. The number of thiol groups is 1. The number of aliphatic hydroxyl groups is 11. The molecule has 6 aliphatic rings. The molecule has 0 aromatic heterocycles. The molecular formula is C27H44O20S. The highest BCUT2D eigenvalue weighted by Gasteiger charge is 2.67. The van der Waals surface area contributed by atoms with E-state index < -0.39 is 140 Å². The van der Waals surface area contributed by atoms with E-state index in [-0.39, 0.29) is 19.6 Å². The molecule has 6 aliphatic heterocycles. The molecule has 6 rings (SSSR count). The molecule has 6 heterocycles. The summed E-state index contributed by atoms with van der Waals surface area (Å²) in [4.78, 5) is -2.34. The fourth-order valence-electron chi connectivity index (χ4n) is 7.03. The third-order valence-corrected chi connectivity index (χ3v) is 10.5. The third kappa shape index (κ3) is 6.12. The van der Waals surface area contributed by atoms with Crippen LogP contribution in [0.25, 0.3) is 0 Å². The molecule has 0 aliphatic carbocycles. The van der Waals surface area contributed by atoms with E-state index in [1.807, 2.05) is 0 Å². The summed E-state index contributed by atoms with van der Waals surface area (Å²) in [6.45, 7) is -0.397. The van der Waals surface area contributed by atoms with E-state index in [2.05, 4.69) is 12.6 Å². The van der Waals surface area contributed by atoms with Gasteiger partial charge in [0.2, 0.25) is 5.79 Å². The summed E-state index contributed by atoms with van der Waals surface area (Å²) in [5.41, 5.74) is 0.